The van der Waals surface area contributed by atoms with Crippen molar-refractivity contribution in [1.82, 2.24) is 40.4 Å². The molecule has 16 heteroatoms. The molecule has 5 aromatic rings. The van der Waals surface area contributed by atoms with Crippen molar-refractivity contribution in [1.29, 1.82) is 0 Å². The summed E-state index contributed by atoms with van der Waals surface area (Å²) in [6, 6.07) is 12.3. The molecule has 0 saturated carbocycles. The molecule has 3 saturated heterocycles. The summed E-state index contributed by atoms with van der Waals surface area (Å²) in [5, 5.41) is 16.9. The summed E-state index contributed by atoms with van der Waals surface area (Å²) in [6.07, 6.45) is 4.26. The first-order chi connectivity index (χ1) is 29.9. The van der Waals surface area contributed by atoms with Gasteiger partial charge in [-0.1, -0.05) is 32.0 Å². The molecular weight excluding hydrogens is 793 g/mol. The van der Waals surface area contributed by atoms with Gasteiger partial charge in [-0.2, -0.15) is 0 Å². The average molecular weight is 847 g/mol. The molecule has 5 N–H and O–H groups in total. The predicted octanol–water partition coefficient (Wildman–Crippen LogP) is 7.21. The topological polar surface area (TPSA) is 204 Å². The van der Waals surface area contributed by atoms with Crippen LogP contribution in [0.15, 0.2) is 48.7 Å². The SMILES string of the molecule is COC(=O)N[C@H](C(=O)N1[C@@H](C)CC[C@H]1c1ncc(-c2ccc3c(c2)COc2cc4c(ccc5nc([C@@H]6CC[C@H](C)N6C(=O)[C@@H](NC(=O)O)C6CCOCC6)[nH]c54)cc2-3)[nH]1)C(C)C. The summed E-state index contributed by atoms with van der Waals surface area (Å²) in [7, 11) is 1.29. The second kappa shape index (κ2) is 16.6. The normalized spacial score (nSPS) is 22.3. The fraction of sp³-hybridized carbons (Fsp3) is 0.478. The highest BCUT2D eigenvalue weighted by Crippen LogP contribution is 2.44. The smallest absolute Gasteiger partial charge is 0.407 e. The molecule has 6 heterocycles. The average Bonchev–Trinajstić information content (AvgIpc) is 4.09. The van der Waals surface area contributed by atoms with E-state index in [0.29, 0.717) is 50.7 Å². The third-order valence-corrected chi connectivity index (χ3v) is 13.4. The Morgan fingerprint density at radius 1 is 0.855 bits per heavy atom. The number of rotatable bonds is 9. The van der Waals surface area contributed by atoms with Crippen LogP contribution in [0.3, 0.4) is 0 Å². The van der Waals surface area contributed by atoms with Crippen molar-refractivity contribution in [2.45, 2.75) is 109 Å². The van der Waals surface area contributed by atoms with E-state index in [1.807, 2.05) is 49.8 Å². The summed E-state index contributed by atoms with van der Waals surface area (Å²) in [5.74, 6) is 1.50. The third-order valence-electron chi connectivity index (χ3n) is 13.4. The van der Waals surface area contributed by atoms with Crippen LogP contribution in [0.4, 0.5) is 9.59 Å². The van der Waals surface area contributed by atoms with Crippen LogP contribution in [-0.4, -0.2) is 103 Å². The Bertz CT molecular complexity index is 2540. The molecule has 0 unspecified atom stereocenters. The van der Waals surface area contributed by atoms with E-state index in [9.17, 15) is 24.3 Å². The minimum absolute atomic E-state index is 0.0210. The number of ether oxygens (including phenoxy) is 3. The molecule has 6 atom stereocenters. The van der Waals surface area contributed by atoms with Gasteiger partial charge in [0, 0.05) is 36.2 Å². The van der Waals surface area contributed by atoms with Gasteiger partial charge in [-0.15, -0.1) is 0 Å². The lowest BCUT2D eigenvalue weighted by Gasteiger charge is -2.35. The van der Waals surface area contributed by atoms with Crippen LogP contribution in [-0.2, 0) is 25.7 Å². The zero-order chi connectivity index (χ0) is 43.4. The van der Waals surface area contributed by atoms with Crippen LogP contribution in [0.5, 0.6) is 5.75 Å². The molecule has 0 spiro atoms. The van der Waals surface area contributed by atoms with Crippen molar-refractivity contribution in [2.24, 2.45) is 11.8 Å². The van der Waals surface area contributed by atoms with E-state index >= 15 is 0 Å². The Morgan fingerprint density at radius 3 is 2.29 bits per heavy atom. The highest BCUT2D eigenvalue weighted by atomic mass is 16.5. The molecule has 2 aromatic heterocycles. The van der Waals surface area contributed by atoms with Gasteiger partial charge in [-0.3, -0.25) is 9.59 Å². The molecule has 3 fully saturated rings. The number of carbonyl (C=O) groups is 4. The fourth-order valence-electron chi connectivity index (χ4n) is 10.1. The molecule has 3 aromatic carbocycles. The van der Waals surface area contributed by atoms with Gasteiger partial charge in [0.2, 0.25) is 11.8 Å². The van der Waals surface area contributed by atoms with Crippen LogP contribution in [0.1, 0.15) is 95.5 Å². The number of hydrogen-bond acceptors (Lipinski definition) is 9. The summed E-state index contributed by atoms with van der Waals surface area (Å²) in [6.45, 7) is 9.22. The maximum Gasteiger partial charge on any atom is 0.407 e. The quantitative estimate of drug-likeness (QED) is 0.101. The van der Waals surface area contributed by atoms with Gasteiger partial charge in [-0.05, 0) is 111 Å². The summed E-state index contributed by atoms with van der Waals surface area (Å²) in [4.78, 5) is 72.6. The van der Waals surface area contributed by atoms with Gasteiger partial charge in [-0.25, -0.2) is 19.6 Å². The van der Waals surface area contributed by atoms with Crippen molar-refractivity contribution < 1.29 is 38.5 Å². The first kappa shape index (κ1) is 41.2. The number of nitrogens with one attached hydrogen (secondary N) is 4. The maximum absolute atomic E-state index is 14.2. The van der Waals surface area contributed by atoms with Crippen LogP contribution in [0.25, 0.3) is 44.2 Å². The highest BCUT2D eigenvalue weighted by molar-refractivity contribution is 6.07. The number of aromatic amines is 2. The van der Waals surface area contributed by atoms with Gasteiger partial charge in [0.1, 0.15) is 36.1 Å². The molecule has 0 aliphatic carbocycles. The first-order valence-electron chi connectivity index (χ1n) is 21.7. The van der Waals surface area contributed by atoms with E-state index < -0.39 is 24.3 Å². The molecule has 0 radical (unpaired) electrons. The maximum atomic E-state index is 14.2. The standard InChI is InChI=1S/C46H54N8O8/c1-23(2)38(52-46(59)60-5)43(55)53-24(3)6-12-35(53)41-47-21-34(49-41)28-8-10-30-29(18-28)22-62-37-20-31-27(19-32(30)37)9-11-33-40(31)50-42(48-33)36-13-7-25(4)54(36)44(56)39(51-45(57)58)26-14-16-61-17-15-26/h8-11,18-21,23-26,35-36,38-39,51H,6-7,12-17,22H2,1-5H3,(H,47,49)(H,48,50)(H,52,59)(H,57,58)/t24-,25-,35-,36-,38-,39-/m0/s1. The number of amides is 4. The Balaban J connectivity index is 0.965. The molecule has 4 aliphatic rings. The van der Waals surface area contributed by atoms with Crippen molar-refractivity contribution in [2.75, 3.05) is 20.3 Å². The van der Waals surface area contributed by atoms with Crippen molar-refractivity contribution in [3.05, 3.63) is 65.9 Å². The number of imidazole rings is 2. The van der Waals surface area contributed by atoms with Crippen molar-refractivity contribution >= 4 is 45.8 Å². The second-order valence-electron chi connectivity index (χ2n) is 17.6. The number of carboxylic acid groups (broad SMARTS) is 1. The van der Waals surface area contributed by atoms with Gasteiger partial charge < -0.3 is 49.7 Å². The monoisotopic (exact) mass is 846 g/mol. The lowest BCUT2D eigenvalue weighted by Crippen LogP contribution is -2.54. The lowest BCUT2D eigenvalue weighted by molar-refractivity contribution is -0.139. The number of hydrogen-bond donors (Lipinski definition) is 5. The Labute approximate surface area is 359 Å². The number of methoxy groups -OCH3 is 1. The zero-order valence-corrected chi connectivity index (χ0v) is 35.7. The number of H-pyrrole nitrogens is 2. The van der Waals surface area contributed by atoms with Gasteiger partial charge in [0.15, 0.2) is 0 Å². The second-order valence-corrected chi connectivity index (χ2v) is 17.6. The molecule has 62 heavy (non-hydrogen) atoms. The fourth-order valence-corrected chi connectivity index (χ4v) is 10.1. The summed E-state index contributed by atoms with van der Waals surface area (Å²) < 4.78 is 16.8. The van der Waals surface area contributed by atoms with E-state index in [1.54, 1.807) is 0 Å². The Kier molecular flexibility index (Phi) is 11.0. The Morgan fingerprint density at radius 2 is 1.58 bits per heavy atom. The number of nitrogens with zero attached hydrogens (tertiary/aromatic N) is 4. The molecule has 9 rings (SSSR count). The zero-order valence-electron chi connectivity index (χ0n) is 35.7. The van der Waals surface area contributed by atoms with Crippen LogP contribution >= 0.6 is 0 Å². The molecular formula is C46H54N8O8. The largest absolute Gasteiger partial charge is 0.488 e. The van der Waals surface area contributed by atoms with Crippen LogP contribution in [0.2, 0.25) is 0 Å². The number of likely N-dealkylation sites (tertiary alicyclic amines) is 2. The first-order valence-corrected chi connectivity index (χ1v) is 21.7. The number of fused-ring (bicyclic) bond motifs is 6. The number of benzene rings is 3. The van der Waals surface area contributed by atoms with E-state index in [4.69, 9.17) is 24.2 Å². The van der Waals surface area contributed by atoms with Crippen molar-refractivity contribution in [3.63, 3.8) is 0 Å². The van der Waals surface area contributed by atoms with E-state index in [0.717, 1.165) is 74.8 Å². The predicted molar refractivity (Wildman–Crippen MR) is 230 cm³/mol. The highest BCUT2D eigenvalue weighted by Gasteiger charge is 2.44. The Hall–Kier alpha value is -6.16. The third kappa shape index (κ3) is 7.47. The number of aromatic nitrogens is 4. The minimum atomic E-state index is -1.21. The lowest BCUT2D eigenvalue weighted by atomic mass is 9.90. The van der Waals surface area contributed by atoms with E-state index in [1.165, 1.54) is 7.11 Å². The van der Waals surface area contributed by atoms with Crippen molar-refractivity contribution in [3.8, 4) is 28.1 Å². The van der Waals surface area contributed by atoms with E-state index in [-0.39, 0.29) is 47.8 Å². The van der Waals surface area contributed by atoms with Gasteiger partial charge in [0.25, 0.3) is 0 Å². The molecule has 4 aliphatic heterocycles. The van der Waals surface area contributed by atoms with Crippen LogP contribution < -0.4 is 15.4 Å². The van der Waals surface area contributed by atoms with Gasteiger partial charge in [0.05, 0.1) is 42.1 Å². The molecule has 4 amide bonds. The number of alkyl carbamates (subject to hydrolysis) is 1. The van der Waals surface area contributed by atoms with Crippen LogP contribution in [0, 0.1) is 11.8 Å². The number of carbonyl (C=O) groups excluding carboxylic acids is 3. The molecule has 326 valence electrons. The van der Waals surface area contributed by atoms with E-state index in [2.05, 4.69) is 57.0 Å². The summed E-state index contributed by atoms with van der Waals surface area (Å²) in [5.41, 5.74) is 6.50. The summed E-state index contributed by atoms with van der Waals surface area (Å²) >= 11 is 0. The van der Waals surface area contributed by atoms with Gasteiger partial charge >= 0.3 is 12.2 Å². The molecule has 0 bridgehead atoms. The minimum Gasteiger partial charge on any atom is -0.488 e. The molecule has 16 nitrogen and oxygen atoms in total.